The van der Waals surface area contributed by atoms with Crippen LogP contribution in [0.2, 0.25) is 10.0 Å². The Morgan fingerprint density at radius 2 is 2.09 bits per heavy atom. The molecule has 1 aromatic carbocycles. The van der Waals surface area contributed by atoms with Gasteiger partial charge in [-0.3, -0.25) is 0 Å². The predicted octanol–water partition coefficient (Wildman–Crippen LogP) is 5.22. The molecule has 2 amide bonds. The van der Waals surface area contributed by atoms with Gasteiger partial charge in [0.15, 0.2) is 0 Å². The lowest BCUT2D eigenvalue weighted by molar-refractivity contribution is 0.201. The highest BCUT2D eigenvalue weighted by molar-refractivity contribution is 6.37. The van der Waals surface area contributed by atoms with Crippen molar-refractivity contribution in [3.05, 3.63) is 57.4 Å². The van der Waals surface area contributed by atoms with Crippen LogP contribution in [0, 0.1) is 16.7 Å². The summed E-state index contributed by atoms with van der Waals surface area (Å²) in [7, 11) is 0. The number of nitrogens with zero attached hydrogens (tertiary/aromatic N) is 4. The van der Waals surface area contributed by atoms with Gasteiger partial charge in [0.25, 0.3) is 0 Å². The molecule has 0 unspecified atom stereocenters. The van der Waals surface area contributed by atoms with Crippen LogP contribution in [0.5, 0.6) is 5.75 Å². The highest BCUT2D eigenvalue weighted by Gasteiger charge is 2.31. The van der Waals surface area contributed by atoms with Crippen molar-refractivity contribution in [3.8, 4) is 23.1 Å². The number of fused-ring (bicyclic) bond motifs is 1. The van der Waals surface area contributed by atoms with Gasteiger partial charge >= 0.3 is 6.03 Å². The molecule has 2 aliphatic rings. The maximum atomic E-state index is 12.7. The molecule has 0 radical (unpaired) electrons. The normalized spacial score (nSPS) is 14.2. The number of hydrogen-bond donors (Lipinski definition) is 2. The van der Waals surface area contributed by atoms with E-state index < -0.39 is 5.41 Å². The smallest absolute Gasteiger partial charge is 0.322 e. The quantitative estimate of drug-likeness (QED) is 0.505. The number of ether oxygens (including phenoxy) is 1. The van der Waals surface area contributed by atoms with Gasteiger partial charge in [-0.05, 0) is 51.0 Å². The zero-order chi connectivity index (χ0) is 24.5. The van der Waals surface area contributed by atoms with Crippen molar-refractivity contribution < 1.29 is 9.53 Å². The van der Waals surface area contributed by atoms with Gasteiger partial charge < -0.3 is 20.7 Å². The molecular weight excluding hydrogens is 475 g/mol. The number of amides is 2. The van der Waals surface area contributed by atoms with Crippen molar-refractivity contribution in [2.75, 3.05) is 12.3 Å². The Labute approximate surface area is 208 Å². The number of halogens is 2. The highest BCUT2D eigenvalue weighted by atomic mass is 35.5. The van der Waals surface area contributed by atoms with Crippen LogP contribution >= 0.6 is 23.2 Å². The number of hydrogen-bond acceptors (Lipinski definition) is 6. The molecule has 0 saturated heterocycles. The molecule has 8 nitrogen and oxygen atoms in total. The van der Waals surface area contributed by atoms with E-state index >= 15 is 0 Å². The lowest BCUT2D eigenvalue weighted by Crippen LogP contribution is -2.36. The summed E-state index contributed by atoms with van der Waals surface area (Å²) < 4.78 is 6.05. The van der Waals surface area contributed by atoms with Crippen molar-refractivity contribution >= 4 is 35.2 Å². The number of nitrogens with two attached hydrogens (primary N) is 1. The van der Waals surface area contributed by atoms with Crippen molar-refractivity contribution in [3.63, 3.8) is 0 Å². The molecule has 1 aromatic heterocycles. The van der Waals surface area contributed by atoms with Crippen LogP contribution in [-0.4, -0.2) is 27.5 Å². The second-order valence-electron chi connectivity index (χ2n) is 8.83. The number of aromatic nitrogens is 2. The number of rotatable bonds is 7. The first-order chi connectivity index (χ1) is 16.2. The molecule has 0 spiro atoms. The van der Waals surface area contributed by atoms with Crippen LogP contribution in [0.1, 0.15) is 37.9 Å². The number of nitrogens with one attached hydrogen (secondary N) is 1. The number of carbonyl (C=O) groups is 1. The van der Waals surface area contributed by atoms with E-state index in [4.69, 9.17) is 33.7 Å². The third-order valence-corrected chi connectivity index (χ3v) is 6.17. The topological polar surface area (TPSA) is 117 Å². The molecule has 0 fully saturated rings. The minimum atomic E-state index is -0.435. The lowest BCUT2D eigenvalue weighted by Gasteiger charge is -2.19. The monoisotopic (exact) mass is 498 g/mol. The molecule has 0 saturated carbocycles. The van der Waals surface area contributed by atoms with Gasteiger partial charge in [0.1, 0.15) is 5.75 Å². The molecule has 10 heteroatoms. The number of carbonyl (C=O) groups excluding carboxylic acids is 1. The molecule has 3 N–H and O–H groups in total. The van der Waals surface area contributed by atoms with E-state index in [2.05, 4.69) is 21.4 Å². The van der Waals surface area contributed by atoms with Crippen molar-refractivity contribution in [2.24, 2.45) is 5.41 Å². The first-order valence-corrected chi connectivity index (χ1v) is 11.6. The Morgan fingerprint density at radius 1 is 1.32 bits per heavy atom. The fourth-order valence-electron chi connectivity index (χ4n) is 3.75. The van der Waals surface area contributed by atoms with Crippen LogP contribution in [-0.2, 0) is 13.1 Å². The van der Waals surface area contributed by atoms with E-state index in [1.807, 2.05) is 32.1 Å². The van der Waals surface area contributed by atoms with Crippen molar-refractivity contribution in [1.29, 1.82) is 5.26 Å². The summed E-state index contributed by atoms with van der Waals surface area (Å²) >= 11 is 12.9. The summed E-state index contributed by atoms with van der Waals surface area (Å²) in [6.07, 6.45) is 6.84. The number of benzene rings is 1. The molecule has 2 aromatic rings. The standard InChI is InChI=1S/C24H24Cl2N6O2/c1-24(2,13-27)7-4-8-34-19-10-14(25)9-17(26)20(19)21-16-11-32(12-18(16)30-22(28)31-21)23(33)29-15-5-3-6-15/h3,5-6,9-10H,4,7-8,11-12H2,1-2H3,(H,29,33)(H2,28,30,31). The summed E-state index contributed by atoms with van der Waals surface area (Å²) in [5.41, 5.74) is 8.80. The van der Waals surface area contributed by atoms with Crippen LogP contribution in [0.15, 0.2) is 36.1 Å². The molecule has 176 valence electrons. The maximum absolute atomic E-state index is 12.7. The Bertz CT molecular complexity index is 1250. The molecule has 0 atom stereocenters. The molecule has 34 heavy (non-hydrogen) atoms. The van der Waals surface area contributed by atoms with Gasteiger partial charge in [-0.25, -0.2) is 14.8 Å². The van der Waals surface area contributed by atoms with Crippen molar-refractivity contribution in [2.45, 2.75) is 39.8 Å². The fraction of sp³-hybridized carbons (Fsp3) is 0.333. The van der Waals surface area contributed by atoms with Crippen LogP contribution in [0.4, 0.5) is 10.7 Å². The molecular formula is C24H24Cl2N6O2. The Kier molecular flexibility index (Phi) is 6.69. The van der Waals surface area contributed by atoms with Gasteiger partial charge in [0, 0.05) is 16.3 Å². The van der Waals surface area contributed by atoms with Crippen LogP contribution < -0.4 is 15.8 Å². The second kappa shape index (κ2) is 9.53. The highest BCUT2D eigenvalue weighted by Crippen LogP contribution is 2.42. The van der Waals surface area contributed by atoms with E-state index in [1.165, 1.54) is 0 Å². The van der Waals surface area contributed by atoms with E-state index in [1.54, 1.807) is 17.0 Å². The molecule has 0 bridgehead atoms. The van der Waals surface area contributed by atoms with E-state index in [9.17, 15) is 10.1 Å². The Morgan fingerprint density at radius 3 is 2.76 bits per heavy atom. The van der Waals surface area contributed by atoms with E-state index in [-0.39, 0.29) is 12.0 Å². The number of nitriles is 1. The average molecular weight is 499 g/mol. The number of nitrogen functional groups attached to an aromatic ring is 1. The average Bonchev–Trinajstić information content (AvgIpc) is 3.17. The zero-order valence-corrected chi connectivity index (χ0v) is 20.4. The molecule has 1 aliphatic heterocycles. The third kappa shape index (κ3) is 5.11. The fourth-order valence-corrected chi connectivity index (χ4v) is 4.31. The number of allylic oxidation sites excluding steroid dienone is 3. The SMILES string of the molecule is CC(C)(C#N)CCCOc1cc(Cl)cc(Cl)c1-c1nc(N)nc2c1CN(C(=O)NC1=CC=C1)C2. The van der Waals surface area contributed by atoms with Crippen LogP contribution in [0.25, 0.3) is 11.3 Å². The van der Waals surface area contributed by atoms with Gasteiger partial charge in [-0.1, -0.05) is 29.3 Å². The van der Waals surface area contributed by atoms with E-state index in [0.717, 1.165) is 11.3 Å². The first-order valence-electron chi connectivity index (χ1n) is 10.8. The second-order valence-corrected chi connectivity index (χ2v) is 9.68. The third-order valence-electron chi connectivity index (χ3n) is 5.65. The first kappa shape index (κ1) is 23.9. The lowest BCUT2D eigenvalue weighted by atomic mass is 9.90. The summed E-state index contributed by atoms with van der Waals surface area (Å²) in [5.74, 6) is 0.536. The predicted molar refractivity (Wildman–Crippen MR) is 131 cm³/mol. The molecule has 1 aliphatic carbocycles. The minimum Gasteiger partial charge on any atom is -0.493 e. The van der Waals surface area contributed by atoms with Gasteiger partial charge in [0.05, 0.1) is 53.2 Å². The maximum Gasteiger partial charge on any atom is 0.322 e. The largest absolute Gasteiger partial charge is 0.493 e. The van der Waals surface area contributed by atoms with Gasteiger partial charge in [-0.15, -0.1) is 0 Å². The zero-order valence-electron chi connectivity index (χ0n) is 18.9. The van der Waals surface area contributed by atoms with Crippen molar-refractivity contribution in [1.82, 2.24) is 20.2 Å². The van der Waals surface area contributed by atoms with Gasteiger partial charge in [-0.2, -0.15) is 5.26 Å². The number of anilines is 1. The summed E-state index contributed by atoms with van der Waals surface area (Å²) in [6.45, 7) is 4.74. The summed E-state index contributed by atoms with van der Waals surface area (Å²) in [5, 5.41) is 12.8. The Balaban J connectivity index is 1.61. The summed E-state index contributed by atoms with van der Waals surface area (Å²) in [6, 6.07) is 5.34. The van der Waals surface area contributed by atoms with Gasteiger partial charge in [0.2, 0.25) is 5.95 Å². The molecule has 2 heterocycles. The minimum absolute atomic E-state index is 0.0772. The van der Waals surface area contributed by atoms with Crippen LogP contribution in [0.3, 0.4) is 0 Å². The summed E-state index contributed by atoms with van der Waals surface area (Å²) in [4.78, 5) is 23.1. The van der Waals surface area contributed by atoms with E-state index in [0.29, 0.717) is 65.3 Å². The molecule has 4 rings (SSSR count). The number of urea groups is 1. The Hall–Kier alpha value is -3.28.